The second kappa shape index (κ2) is 9.07. The van der Waals surface area contributed by atoms with Gasteiger partial charge in [0.1, 0.15) is 0 Å². The number of unbranched alkanes of at least 4 members (excludes halogenated alkanes) is 1. The fraction of sp³-hybridized carbons (Fsp3) is 0.375. The fourth-order valence-corrected chi connectivity index (χ4v) is 4.05. The molecular weight excluding hydrogens is 346 g/mol. The third-order valence-electron chi connectivity index (χ3n) is 5.69. The van der Waals surface area contributed by atoms with Crippen LogP contribution in [0.5, 0.6) is 0 Å². The molecule has 2 aliphatic heterocycles. The summed E-state index contributed by atoms with van der Waals surface area (Å²) < 4.78 is 0. The number of anilines is 2. The number of fused-ring (bicyclic) bond motifs is 1. The van der Waals surface area contributed by atoms with E-state index < -0.39 is 0 Å². The Bertz CT molecular complexity index is 835. The number of nitrogens with one attached hydrogen (secondary N) is 2. The van der Waals surface area contributed by atoms with Crippen molar-refractivity contribution in [1.82, 2.24) is 4.90 Å². The maximum absolute atomic E-state index is 12.1. The van der Waals surface area contributed by atoms with E-state index >= 15 is 0 Å². The second-order valence-electron chi connectivity index (χ2n) is 7.76. The Labute approximate surface area is 167 Å². The Balaban J connectivity index is 1.26. The number of nitrogens with zero attached hydrogens (tertiary/aromatic N) is 1. The molecule has 1 fully saturated rings. The van der Waals surface area contributed by atoms with Gasteiger partial charge in [0.05, 0.1) is 5.57 Å². The van der Waals surface area contributed by atoms with Gasteiger partial charge in [-0.05, 0) is 75.5 Å². The Morgan fingerprint density at radius 3 is 2.57 bits per heavy atom. The van der Waals surface area contributed by atoms with Gasteiger partial charge in [-0.3, -0.25) is 4.79 Å². The molecule has 0 atom stereocenters. The molecule has 4 rings (SSSR count). The summed E-state index contributed by atoms with van der Waals surface area (Å²) >= 11 is 0. The van der Waals surface area contributed by atoms with Crippen molar-refractivity contribution >= 4 is 22.9 Å². The summed E-state index contributed by atoms with van der Waals surface area (Å²) in [5.41, 5.74) is 4.88. The summed E-state index contributed by atoms with van der Waals surface area (Å²) in [4.78, 5) is 14.8. The van der Waals surface area contributed by atoms with Crippen molar-refractivity contribution in [3.05, 3.63) is 65.9 Å². The molecule has 1 amide bonds. The van der Waals surface area contributed by atoms with E-state index in [0.717, 1.165) is 23.4 Å². The van der Waals surface area contributed by atoms with Crippen molar-refractivity contribution in [3.8, 4) is 0 Å². The van der Waals surface area contributed by atoms with E-state index in [9.17, 15) is 4.79 Å². The van der Waals surface area contributed by atoms with Crippen LogP contribution in [0.4, 0.5) is 11.4 Å². The molecule has 2 N–H and O–H groups in total. The van der Waals surface area contributed by atoms with Gasteiger partial charge in [0, 0.05) is 23.1 Å². The van der Waals surface area contributed by atoms with Gasteiger partial charge in [-0.25, -0.2) is 0 Å². The molecule has 0 saturated carbocycles. The van der Waals surface area contributed by atoms with Crippen molar-refractivity contribution in [2.75, 3.05) is 30.3 Å². The van der Waals surface area contributed by atoms with Gasteiger partial charge >= 0.3 is 0 Å². The van der Waals surface area contributed by atoms with E-state index in [2.05, 4.69) is 39.8 Å². The Morgan fingerprint density at radius 2 is 1.75 bits per heavy atom. The second-order valence-corrected chi connectivity index (χ2v) is 7.76. The zero-order valence-corrected chi connectivity index (χ0v) is 16.4. The first-order valence-electron chi connectivity index (χ1n) is 10.5. The average molecular weight is 376 g/mol. The van der Waals surface area contributed by atoms with E-state index in [0.29, 0.717) is 5.57 Å². The highest BCUT2D eigenvalue weighted by Gasteiger charge is 2.23. The van der Waals surface area contributed by atoms with Crippen molar-refractivity contribution in [2.45, 2.75) is 38.5 Å². The van der Waals surface area contributed by atoms with Crippen LogP contribution in [-0.2, 0) is 11.2 Å². The largest absolute Gasteiger partial charge is 0.361 e. The highest BCUT2D eigenvalue weighted by Crippen LogP contribution is 2.31. The normalized spacial score (nSPS) is 18.1. The highest BCUT2D eigenvalue weighted by molar-refractivity contribution is 6.31. The molecular formula is C24H29N3O. The lowest BCUT2D eigenvalue weighted by Gasteiger charge is -2.26. The number of para-hydroxylation sites is 1. The molecule has 0 bridgehead atoms. The van der Waals surface area contributed by atoms with Gasteiger partial charge in [0.25, 0.3) is 5.91 Å². The third-order valence-corrected chi connectivity index (χ3v) is 5.69. The summed E-state index contributed by atoms with van der Waals surface area (Å²) in [6.07, 6.45) is 9.60. The smallest absolute Gasteiger partial charge is 0.257 e. The molecule has 28 heavy (non-hydrogen) atoms. The highest BCUT2D eigenvalue weighted by atomic mass is 16.2. The Kier molecular flexibility index (Phi) is 6.07. The molecule has 0 aliphatic carbocycles. The number of hydrogen-bond acceptors (Lipinski definition) is 3. The molecule has 2 aromatic rings. The third kappa shape index (κ3) is 4.63. The number of carbonyl (C=O) groups is 1. The number of aryl methyl sites for hydroxylation is 1. The molecule has 0 unspecified atom stereocenters. The molecule has 0 radical (unpaired) electrons. The minimum atomic E-state index is -0.0565. The van der Waals surface area contributed by atoms with Gasteiger partial charge in [0.15, 0.2) is 0 Å². The number of likely N-dealkylation sites (tertiary alicyclic amines) is 1. The van der Waals surface area contributed by atoms with Crippen LogP contribution in [0.15, 0.2) is 54.7 Å². The van der Waals surface area contributed by atoms with Crippen LogP contribution in [0.1, 0.15) is 43.2 Å². The van der Waals surface area contributed by atoms with Gasteiger partial charge in [0.2, 0.25) is 0 Å². The summed E-state index contributed by atoms with van der Waals surface area (Å²) in [7, 11) is 0. The van der Waals surface area contributed by atoms with Crippen LogP contribution in [0, 0.1) is 0 Å². The first kappa shape index (κ1) is 18.8. The van der Waals surface area contributed by atoms with Crippen LogP contribution in [0.2, 0.25) is 0 Å². The maximum atomic E-state index is 12.1. The van der Waals surface area contributed by atoms with Crippen molar-refractivity contribution < 1.29 is 4.79 Å². The summed E-state index contributed by atoms with van der Waals surface area (Å²) in [6, 6.07) is 16.3. The number of carbonyl (C=O) groups excluding carboxylic acids is 1. The van der Waals surface area contributed by atoms with Gasteiger partial charge in [-0.1, -0.05) is 36.8 Å². The fourth-order valence-electron chi connectivity index (χ4n) is 4.05. The number of rotatable bonds is 7. The van der Waals surface area contributed by atoms with Crippen molar-refractivity contribution in [2.24, 2.45) is 0 Å². The zero-order valence-electron chi connectivity index (χ0n) is 16.4. The average Bonchev–Trinajstić information content (AvgIpc) is 3.06. The van der Waals surface area contributed by atoms with Crippen LogP contribution < -0.4 is 10.6 Å². The van der Waals surface area contributed by atoms with E-state index in [1.165, 1.54) is 57.3 Å². The predicted molar refractivity (Wildman–Crippen MR) is 116 cm³/mol. The molecule has 4 nitrogen and oxygen atoms in total. The lowest BCUT2D eigenvalue weighted by atomic mass is 10.1. The maximum Gasteiger partial charge on any atom is 0.257 e. The van der Waals surface area contributed by atoms with Crippen molar-refractivity contribution in [1.29, 1.82) is 0 Å². The van der Waals surface area contributed by atoms with Crippen LogP contribution >= 0.6 is 0 Å². The van der Waals surface area contributed by atoms with Gasteiger partial charge in [-0.2, -0.15) is 0 Å². The number of piperidine rings is 1. The molecule has 2 aliphatic rings. The molecule has 146 valence electrons. The predicted octanol–water partition coefficient (Wildman–Crippen LogP) is 4.90. The van der Waals surface area contributed by atoms with Crippen LogP contribution in [0.3, 0.4) is 0 Å². The van der Waals surface area contributed by atoms with Gasteiger partial charge < -0.3 is 15.5 Å². The molecule has 0 spiro atoms. The van der Waals surface area contributed by atoms with E-state index in [4.69, 9.17) is 0 Å². The summed E-state index contributed by atoms with van der Waals surface area (Å²) in [5.74, 6) is -0.0565. The minimum absolute atomic E-state index is 0.0565. The topological polar surface area (TPSA) is 44.4 Å². The molecule has 2 aromatic carbocycles. The minimum Gasteiger partial charge on any atom is -0.361 e. The lowest BCUT2D eigenvalue weighted by Crippen LogP contribution is -2.30. The SMILES string of the molecule is O=C1Nc2ccccc2C1=CNc1ccc(CCCCN2CCCCC2)cc1. The molecule has 1 saturated heterocycles. The summed E-state index contributed by atoms with van der Waals surface area (Å²) in [6.45, 7) is 3.83. The molecule has 2 heterocycles. The quantitative estimate of drug-likeness (QED) is 0.534. The number of benzene rings is 2. The first-order valence-corrected chi connectivity index (χ1v) is 10.5. The van der Waals surface area contributed by atoms with Crippen LogP contribution in [-0.4, -0.2) is 30.4 Å². The number of hydrogen-bond donors (Lipinski definition) is 2. The standard InChI is InChI=1S/C24H29N3O/c28-24-22(21-9-2-3-10-23(21)26-24)18-25-20-13-11-19(12-14-20)8-4-7-17-27-15-5-1-6-16-27/h2-3,9-14,18,25H,1,4-8,15-17H2,(H,26,28). The first-order chi connectivity index (χ1) is 13.8. The van der Waals surface area contributed by atoms with E-state index in [1.54, 1.807) is 6.20 Å². The zero-order chi connectivity index (χ0) is 19.2. The number of amides is 1. The van der Waals surface area contributed by atoms with Crippen molar-refractivity contribution in [3.63, 3.8) is 0 Å². The Hall–Kier alpha value is -2.59. The molecule has 4 heteroatoms. The van der Waals surface area contributed by atoms with Crippen LogP contribution in [0.25, 0.3) is 5.57 Å². The molecule has 0 aromatic heterocycles. The van der Waals surface area contributed by atoms with E-state index in [-0.39, 0.29) is 5.91 Å². The summed E-state index contributed by atoms with van der Waals surface area (Å²) in [5, 5.41) is 6.16. The lowest BCUT2D eigenvalue weighted by molar-refractivity contribution is -0.110. The van der Waals surface area contributed by atoms with Gasteiger partial charge in [-0.15, -0.1) is 0 Å². The van der Waals surface area contributed by atoms with E-state index in [1.807, 2.05) is 24.3 Å². The Morgan fingerprint density at radius 1 is 0.964 bits per heavy atom. The monoisotopic (exact) mass is 375 g/mol.